The third kappa shape index (κ3) is 5.15. The van der Waals surface area contributed by atoms with Crippen LogP contribution in [0.1, 0.15) is 38.7 Å². The first-order valence-corrected chi connectivity index (χ1v) is 13.7. The average Bonchev–Trinajstić information content (AvgIpc) is 2.89. The summed E-state index contributed by atoms with van der Waals surface area (Å²) in [5.41, 5.74) is 0.375. The number of amides is 4. The molecule has 0 N–H and O–H groups in total. The number of carbonyl (C=O) groups is 4. The molecule has 0 radical (unpaired) electrons. The van der Waals surface area contributed by atoms with Gasteiger partial charge in [0.25, 0.3) is 0 Å². The summed E-state index contributed by atoms with van der Waals surface area (Å²) in [6.07, 6.45) is 0.622. The molecule has 2 heterocycles. The van der Waals surface area contributed by atoms with Crippen molar-refractivity contribution in [2.24, 2.45) is 11.8 Å². The van der Waals surface area contributed by atoms with E-state index in [0.717, 1.165) is 6.42 Å². The molecule has 3 rings (SSSR count). The lowest BCUT2D eigenvalue weighted by Crippen LogP contribution is -2.63. The third-order valence-corrected chi connectivity index (χ3v) is 8.55. The second-order valence-corrected chi connectivity index (χ2v) is 10.8. The molecule has 13 heteroatoms. The van der Waals surface area contributed by atoms with Gasteiger partial charge in [0.05, 0.1) is 17.2 Å². The van der Waals surface area contributed by atoms with E-state index in [-0.39, 0.29) is 16.3 Å². The summed E-state index contributed by atoms with van der Waals surface area (Å²) < 4.78 is 12.4. The van der Waals surface area contributed by atoms with Crippen molar-refractivity contribution in [2.45, 2.75) is 39.2 Å². The molecule has 0 aromatic heterocycles. The second-order valence-electron chi connectivity index (χ2n) is 9.24. The monoisotopic (exact) mass is 626 g/mol. The van der Waals surface area contributed by atoms with Crippen molar-refractivity contribution in [2.75, 3.05) is 34.8 Å². The largest absolute Gasteiger partial charge is 0.490 e. The van der Waals surface area contributed by atoms with Crippen LogP contribution in [0.4, 0.5) is 0 Å². The van der Waals surface area contributed by atoms with Crippen LogP contribution in [0.2, 0.25) is 0 Å². The number of ether oxygens (including phenoxy) is 2. The van der Waals surface area contributed by atoms with Gasteiger partial charge >= 0.3 is 0 Å². The zero-order valence-electron chi connectivity index (χ0n) is 22.3. The molecule has 0 aliphatic carbocycles. The van der Waals surface area contributed by atoms with Crippen molar-refractivity contribution in [3.05, 3.63) is 22.2 Å². The third-order valence-electron chi connectivity index (χ3n) is 6.86. The molecule has 4 amide bonds. The van der Waals surface area contributed by atoms with Gasteiger partial charge in [-0.25, -0.2) is 0 Å². The average molecular weight is 628 g/mol. The van der Waals surface area contributed by atoms with Crippen LogP contribution in [-0.4, -0.2) is 94.4 Å². The smallest absolute Gasteiger partial charge is 0.241 e. The minimum atomic E-state index is -1.41. The van der Waals surface area contributed by atoms with Crippen LogP contribution in [0.15, 0.2) is 16.6 Å². The molecule has 1 aromatic carbocycles. The van der Waals surface area contributed by atoms with Gasteiger partial charge in [-0.1, -0.05) is 6.92 Å². The Balaban J connectivity index is 2.30. The zero-order chi connectivity index (χ0) is 28.6. The number of rotatable bonds is 8. The molecule has 10 nitrogen and oxygen atoms in total. The highest BCUT2D eigenvalue weighted by Gasteiger charge is 2.54. The molecular formula is C25H31BrN4O6S2. The summed E-state index contributed by atoms with van der Waals surface area (Å²) in [6.45, 7) is 6.02. The first kappa shape index (κ1) is 29.9. The Morgan fingerprint density at radius 1 is 0.842 bits per heavy atom. The standard InChI is InChI=1S/C25H31BrN4O6S2/c1-8-12(3)36-19-14(26)10-13(11-15(19)35-9-2)16(17-20(31)27(4)24(37)28(5)21(17)32)18-22(33)29(6)25(38)30(7)23(18)34/h10-12,16-18H,8-9H2,1-7H3. The highest BCUT2D eigenvalue weighted by Crippen LogP contribution is 2.45. The zero-order valence-corrected chi connectivity index (χ0v) is 25.5. The molecule has 1 aromatic rings. The van der Waals surface area contributed by atoms with Crippen molar-refractivity contribution in [3.63, 3.8) is 0 Å². The Kier molecular flexibility index (Phi) is 9.15. The van der Waals surface area contributed by atoms with Gasteiger partial charge in [-0.05, 0) is 78.3 Å². The molecule has 0 spiro atoms. The van der Waals surface area contributed by atoms with Crippen LogP contribution in [0.25, 0.3) is 0 Å². The Bertz CT molecular complexity index is 1110. The van der Waals surface area contributed by atoms with Crippen molar-refractivity contribution < 1.29 is 28.7 Å². The number of hydrogen-bond donors (Lipinski definition) is 0. The first-order valence-electron chi connectivity index (χ1n) is 12.1. The lowest BCUT2D eigenvalue weighted by molar-refractivity contribution is -0.152. The number of halogens is 1. The maximum atomic E-state index is 13.6. The number of benzene rings is 1. The van der Waals surface area contributed by atoms with E-state index in [1.807, 2.05) is 20.8 Å². The van der Waals surface area contributed by atoms with E-state index in [2.05, 4.69) is 15.9 Å². The van der Waals surface area contributed by atoms with Gasteiger partial charge in [0.1, 0.15) is 11.8 Å². The van der Waals surface area contributed by atoms with Gasteiger partial charge in [-0.3, -0.25) is 38.8 Å². The highest BCUT2D eigenvalue weighted by molar-refractivity contribution is 9.10. The Morgan fingerprint density at radius 3 is 1.63 bits per heavy atom. The van der Waals surface area contributed by atoms with Crippen molar-refractivity contribution in [1.82, 2.24) is 19.6 Å². The predicted octanol–water partition coefficient (Wildman–Crippen LogP) is 2.77. The summed E-state index contributed by atoms with van der Waals surface area (Å²) in [6, 6.07) is 3.28. The lowest BCUT2D eigenvalue weighted by atomic mass is 9.73. The van der Waals surface area contributed by atoms with E-state index in [9.17, 15) is 19.2 Å². The highest BCUT2D eigenvalue weighted by atomic mass is 79.9. The summed E-state index contributed by atoms with van der Waals surface area (Å²) in [7, 11) is 5.83. The topological polar surface area (TPSA) is 99.7 Å². The minimum absolute atomic E-state index is 0.0280. The molecule has 0 saturated carbocycles. The molecule has 2 fully saturated rings. The number of thiocarbonyl (C=S) groups is 2. The number of nitrogens with zero attached hydrogens (tertiary/aromatic N) is 4. The minimum Gasteiger partial charge on any atom is -0.490 e. The SMILES string of the molecule is CCOc1cc(C(C2C(=O)N(C)C(=S)N(C)C2=O)C2C(=O)N(C)C(=S)N(C)C2=O)cc(Br)c1OC(C)CC. The first-order chi connectivity index (χ1) is 17.8. The van der Waals surface area contributed by atoms with E-state index in [1.54, 1.807) is 12.1 Å². The van der Waals surface area contributed by atoms with Crippen molar-refractivity contribution in [3.8, 4) is 11.5 Å². The Hall–Kier alpha value is -2.64. The van der Waals surface area contributed by atoms with E-state index in [0.29, 0.717) is 28.1 Å². The fourth-order valence-electron chi connectivity index (χ4n) is 4.51. The molecule has 2 saturated heterocycles. The normalized spacial score (nSPS) is 18.8. The molecule has 2 aliphatic rings. The predicted molar refractivity (Wildman–Crippen MR) is 152 cm³/mol. The van der Waals surface area contributed by atoms with Crippen LogP contribution < -0.4 is 9.47 Å². The molecule has 206 valence electrons. The second kappa shape index (κ2) is 11.6. The van der Waals surface area contributed by atoms with Gasteiger partial charge in [-0.2, -0.15) is 0 Å². The maximum Gasteiger partial charge on any atom is 0.241 e. The Labute approximate surface area is 241 Å². The lowest BCUT2D eigenvalue weighted by Gasteiger charge is -2.43. The van der Waals surface area contributed by atoms with E-state index < -0.39 is 41.4 Å². The van der Waals surface area contributed by atoms with Gasteiger partial charge in [0, 0.05) is 34.1 Å². The fourth-order valence-corrected chi connectivity index (χ4v) is 5.42. The van der Waals surface area contributed by atoms with Crippen molar-refractivity contribution in [1.29, 1.82) is 0 Å². The van der Waals surface area contributed by atoms with Gasteiger partial charge in [0.15, 0.2) is 21.7 Å². The molecule has 38 heavy (non-hydrogen) atoms. The molecular weight excluding hydrogens is 596 g/mol. The number of hydrogen-bond acceptors (Lipinski definition) is 8. The van der Waals surface area contributed by atoms with E-state index in [1.165, 1.54) is 47.8 Å². The van der Waals surface area contributed by atoms with Gasteiger partial charge in [-0.15, -0.1) is 0 Å². The number of carbonyl (C=O) groups excluding carboxylic acids is 4. The van der Waals surface area contributed by atoms with Gasteiger partial charge < -0.3 is 9.47 Å². The van der Waals surface area contributed by atoms with E-state index in [4.69, 9.17) is 33.9 Å². The van der Waals surface area contributed by atoms with Crippen LogP contribution in [-0.2, 0) is 19.2 Å². The van der Waals surface area contributed by atoms with Crippen LogP contribution >= 0.6 is 40.4 Å². The molecule has 1 atom stereocenters. The fraction of sp³-hybridized carbons (Fsp3) is 0.520. The summed E-state index contributed by atoms with van der Waals surface area (Å²) in [5.74, 6) is -5.68. The van der Waals surface area contributed by atoms with Crippen molar-refractivity contribution >= 4 is 74.2 Å². The van der Waals surface area contributed by atoms with Crippen LogP contribution in [0.5, 0.6) is 11.5 Å². The quantitative estimate of drug-likeness (QED) is 0.321. The summed E-state index contributed by atoms with van der Waals surface area (Å²) in [4.78, 5) is 59.1. The van der Waals surface area contributed by atoms with E-state index >= 15 is 0 Å². The summed E-state index contributed by atoms with van der Waals surface area (Å²) in [5, 5.41) is 0.0559. The molecule has 1 unspecified atom stereocenters. The Morgan fingerprint density at radius 2 is 1.26 bits per heavy atom. The maximum absolute atomic E-state index is 13.6. The van der Waals surface area contributed by atoms with Crippen LogP contribution in [0, 0.1) is 11.8 Å². The van der Waals surface area contributed by atoms with Gasteiger partial charge in [0.2, 0.25) is 23.6 Å². The summed E-state index contributed by atoms with van der Waals surface area (Å²) >= 11 is 14.1. The van der Waals surface area contributed by atoms with Crippen LogP contribution in [0.3, 0.4) is 0 Å². The molecule has 0 bridgehead atoms. The molecule has 2 aliphatic heterocycles.